The lowest BCUT2D eigenvalue weighted by molar-refractivity contribution is -0.121. The molecule has 0 aliphatic carbocycles. The lowest BCUT2D eigenvalue weighted by Crippen LogP contribution is -2.35. The molecule has 96 valence electrons. The normalized spacial score (nSPS) is 12.2. The molecule has 0 aliphatic rings. The minimum atomic E-state index is -0.402. The van der Waals surface area contributed by atoms with E-state index in [-0.39, 0.29) is 5.91 Å². The van der Waals surface area contributed by atoms with E-state index in [1.54, 1.807) is 21.0 Å². The maximum atomic E-state index is 11.5. The number of carbonyl (C=O) groups is 1. The third-order valence-corrected chi connectivity index (χ3v) is 2.50. The van der Waals surface area contributed by atoms with Gasteiger partial charge in [-0.2, -0.15) is 9.97 Å². The Morgan fingerprint density at radius 3 is 2.83 bits per heavy atom. The van der Waals surface area contributed by atoms with Crippen LogP contribution in [-0.2, 0) is 4.79 Å². The number of hydrogen-bond donors (Lipinski definition) is 4. The Morgan fingerprint density at radius 2 is 2.17 bits per heavy atom. The third-order valence-electron chi connectivity index (χ3n) is 2.50. The molecule has 8 nitrogen and oxygen atoms in total. The number of carbonyl (C=O) groups excluding carboxylic acids is 1. The molecule has 1 amide bonds. The Labute approximate surface area is 104 Å². The summed E-state index contributed by atoms with van der Waals surface area (Å²) in [6.07, 6.45) is 1.54. The second-order valence-corrected chi connectivity index (χ2v) is 3.73. The molecule has 2 heterocycles. The molecule has 2 rings (SSSR count). The first-order chi connectivity index (χ1) is 8.65. The molecular formula is C10H15N7O. The van der Waals surface area contributed by atoms with E-state index < -0.39 is 6.04 Å². The molecule has 0 fully saturated rings. The summed E-state index contributed by atoms with van der Waals surface area (Å²) in [5.74, 6) is 0.867. The van der Waals surface area contributed by atoms with E-state index in [0.29, 0.717) is 22.9 Å². The van der Waals surface area contributed by atoms with E-state index in [1.165, 1.54) is 6.33 Å². The summed E-state index contributed by atoms with van der Waals surface area (Å²) in [5, 5.41) is 8.44. The smallest absolute Gasteiger partial charge is 0.241 e. The zero-order valence-electron chi connectivity index (χ0n) is 10.4. The minimum absolute atomic E-state index is 0.118. The van der Waals surface area contributed by atoms with Crippen LogP contribution in [0.1, 0.15) is 6.92 Å². The molecule has 0 saturated heterocycles. The zero-order valence-corrected chi connectivity index (χ0v) is 10.4. The number of hydrogen-bond acceptors (Lipinski definition) is 6. The van der Waals surface area contributed by atoms with Crippen molar-refractivity contribution in [3.05, 3.63) is 6.33 Å². The second kappa shape index (κ2) is 4.86. The summed E-state index contributed by atoms with van der Waals surface area (Å²) in [6, 6.07) is -0.402. The van der Waals surface area contributed by atoms with Gasteiger partial charge in [0, 0.05) is 14.1 Å². The quantitative estimate of drug-likeness (QED) is 0.604. The van der Waals surface area contributed by atoms with Crippen LogP contribution in [0.15, 0.2) is 6.33 Å². The number of nitrogens with zero attached hydrogens (tertiary/aromatic N) is 3. The predicted octanol–water partition coefficient (Wildman–Crippen LogP) is -0.0590. The fourth-order valence-corrected chi connectivity index (χ4v) is 1.54. The number of anilines is 2. The van der Waals surface area contributed by atoms with Gasteiger partial charge in [-0.05, 0) is 6.92 Å². The topological polar surface area (TPSA) is 108 Å². The molecule has 0 bridgehead atoms. The highest BCUT2D eigenvalue weighted by Gasteiger charge is 2.15. The van der Waals surface area contributed by atoms with Crippen molar-refractivity contribution in [1.82, 2.24) is 25.3 Å². The summed E-state index contributed by atoms with van der Waals surface area (Å²) < 4.78 is 0. The molecule has 2 aromatic heterocycles. The van der Waals surface area contributed by atoms with Gasteiger partial charge in [0.2, 0.25) is 11.9 Å². The number of nitrogens with one attached hydrogen (secondary N) is 4. The predicted molar refractivity (Wildman–Crippen MR) is 68.4 cm³/mol. The molecule has 1 unspecified atom stereocenters. The number of rotatable bonds is 4. The van der Waals surface area contributed by atoms with E-state index in [1.807, 2.05) is 0 Å². The van der Waals surface area contributed by atoms with Gasteiger partial charge >= 0.3 is 0 Å². The SMILES string of the molecule is CNC(=O)C(C)Nc1nc(NC)nc2nc[nH]c12. The molecule has 4 N–H and O–H groups in total. The Kier molecular flexibility index (Phi) is 3.26. The van der Waals surface area contributed by atoms with Crippen molar-refractivity contribution >= 4 is 28.8 Å². The van der Waals surface area contributed by atoms with E-state index in [0.717, 1.165) is 0 Å². The average Bonchev–Trinajstić information content (AvgIpc) is 2.85. The monoisotopic (exact) mass is 249 g/mol. The molecule has 0 aliphatic heterocycles. The zero-order chi connectivity index (χ0) is 13.1. The first kappa shape index (κ1) is 12.1. The summed E-state index contributed by atoms with van der Waals surface area (Å²) in [5.41, 5.74) is 1.21. The van der Waals surface area contributed by atoms with E-state index in [4.69, 9.17) is 0 Å². The molecular weight excluding hydrogens is 234 g/mol. The highest BCUT2D eigenvalue weighted by atomic mass is 16.2. The number of likely N-dealkylation sites (N-methyl/N-ethyl adjacent to an activating group) is 1. The molecule has 18 heavy (non-hydrogen) atoms. The maximum absolute atomic E-state index is 11.5. The van der Waals surface area contributed by atoms with Gasteiger partial charge in [-0.3, -0.25) is 4.79 Å². The minimum Gasteiger partial charge on any atom is -0.357 e. The van der Waals surface area contributed by atoms with Gasteiger partial charge in [-0.1, -0.05) is 0 Å². The van der Waals surface area contributed by atoms with Crippen LogP contribution in [0.2, 0.25) is 0 Å². The van der Waals surface area contributed by atoms with Gasteiger partial charge in [0.25, 0.3) is 0 Å². The number of aromatic amines is 1. The Morgan fingerprint density at radius 1 is 1.39 bits per heavy atom. The first-order valence-electron chi connectivity index (χ1n) is 5.52. The number of imidazole rings is 1. The Balaban J connectivity index is 2.36. The number of aromatic nitrogens is 4. The van der Waals surface area contributed by atoms with Crippen LogP contribution in [0, 0.1) is 0 Å². The van der Waals surface area contributed by atoms with Crippen molar-refractivity contribution in [1.29, 1.82) is 0 Å². The van der Waals surface area contributed by atoms with Crippen LogP contribution in [0.3, 0.4) is 0 Å². The molecule has 0 spiro atoms. The van der Waals surface area contributed by atoms with Crippen LogP contribution in [0.5, 0.6) is 0 Å². The molecule has 0 radical (unpaired) electrons. The molecule has 1 atom stereocenters. The van der Waals surface area contributed by atoms with Crippen molar-refractivity contribution in [3.8, 4) is 0 Å². The highest BCUT2D eigenvalue weighted by molar-refractivity contribution is 5.88. The molecule has 0 aromatic carbocycles. The Bertz CT molecular complexity index is 564. The highest BCUT2D eigenvalue weighted by Crippen LogP contribution is 2.18. The summed E-state index contributed by atoms with van der Waals surface area (Å²) in [6.45, 7) is 1.75. The largest absolute Gasteiger partial charge is 0.357 e. The van der Waals surface area contributed by atoms with Crippen LogP contribution in [-0.4, -0.2) is 46.0 Å². The summed E-state index contributed by atoms with van der Waals surface area (Å²) >= 11 is 0. The first-order valence-corrected chi connectivity index (χ1v) is 5.52. The van der Waals surface area contributed by atoms with Crippen molar-refractivity contribution in [3.63, 3.8) is 0 Å². The van der Waals surface area contributed by atoms with Gasteiger partial charge in [0.1, 0.15) is 11.6 Å². The summed E-state index contributed by atoms with van der Waals surface area (Å²) in [4.78, 5) is 26.9. The van der Waals surface area contributed by atoms with Crippen molar-refractivity contribution in [2.45, 2.75) is 13.0 Å². The molecule has 2 aromatic rings. The third kappa shape index (κ3) is 2.17. The van der Waals surface area contributed by atoms with Gasteiger partial charge in [0.15, 0.2) is 11.5 Å². The molecule has 8 heteroatoms. The lowest BCUT2D eigenvalue weighted by Gasteiger charge is -2.13. The van der Waals surface area contributed by atoms with Gasteiger partial charge < -0.3 is 20.9 Å². The van der Waals surface area contributed by atoms with E-state index >= 15 is 0 Å². The van der Waals surface area contributed by atoms with Gasteiger partial charge in [-0.25, -0.2) is 4.98 Å². The van der Waals surface area contributed by atoms with Crippen LogP contribution in [0.4, 0.5) is 11.8 Å². The fourth-order valence-electron chi connectivity index (χ4n) is 1.54. The van der Waals surface area contributed by atoms with E-state index in [2.05, 4.69) is 35.9 Å². The van der Waals surface area contributed by atoms with Crippen LogP contribution >= 0.6 is 0 Å². The molecule has 0 saturated carbocycles. The number of amides is 1. The average molecular weight is 249 g/mol. The standard InChI is InChI=1S/C10H15N7O/c1-5(9(18)11-2)15-8-6-7(14-4-13-6)16-10(12-3)17-8/h4-5H,1-3H3,(H,11,18)(H3,12,13,14,15,16,17). The van der Waals surface area contributed by atoms with Crippen molar-refractivity contribution < 1.29 is 4.79 Å². The second-order valence-electron chi connectivity index (χ2n) is 3.73. The van der Waals surface area contributed by atoms with Crippen LogP contribution in [0.25, 0.3) is 11.2 Å². The lowest BCUT2D eigenvalue weighted by atomic mass is 10.3. The maximum Gasteiger partial charge on any atom is 0.241 e. The van der Waals surface area contributed by atoms with Crippen molar-refractivity contribution in [2.75, 3.05) is 24.7 Å². The fraction of sp³-hybridized carbons (Fsp3) is 0.400. The van der Waals surface area contributed by atoms with Crippen molar-refractivity contribution in [2.24, 2.45) is 0 Å². The van der Waals surface area contributed by atoms with Gasteiger partial charge in [-0.15, -0.1) is 0 Å². The van der Waals surface area contributed by atoms with Gasteiger partial charge in [0.05, 0.1) is 6.33 Å². The van der Waals surface area contributed by atoms with Crippen LogP contribution < -0.4 is 16.0 Å². The summed E-state index contributed by atoms with van der Waals surface area (Å²) in [7, 11) is 3.31. The van der Waals surface area contributed by atoms with E-state index in [9.17, 15) is 4.79 Å². The Hall–Kier alpha value is -2.38. The number of H-pyrrole nitrogens is 1. The number of fused-ring (bicyclic) bond motifs is 1.